The molecule has 0 heterocycles. The minimum absolute atomic E-state index is 0. The molecular weight excluding hydrogens is 188 g/mol. The summed E-state index contributed by atoms with van der Waals surface area (Å²) in [5.41, 5.74) is 4.54. The average molecular weight is 198 g/mol. The third-order valence-electron chi connectivity index (χ3n) is 0.287. The molecule has 12 heavy (non-hydrogen) atoms. The van der Waals surface area contributed by atoms with E-state index < -0.39 is 16.3 Å². The van der Waals surface area contributed by atoms with E-state index >= 15 is 0 Å². The van der Waals surface area contributed by atoms with Gasteiger partial charge in [-0.15, -0.1) is 0 Å². The first-order valence-electron chi connectivity index (χ1n) is 2.32. The van der Waals surface area contributed by atoms with Crippen LogP contribution < -0.4 is 19.7 Å². The van der Waals surface area contributed by atoms with Crippen molar-refractivity contribution in [2.24, 2.45) is 5.73 Å². The standard InChI is InChI=1S/C3H7NO2.ClHO4.Li.H/c1-2-6-3(4)5;2-1(3,4)5;;/h2H2,1H3,(H2,4,5);(H,2,3,4,5);;. The van der Waals surface area contributed by atoms with Crippen molar-refractivity contribution in [3.8, 4) is 0 Å². The van der Waals surface area contributed by atoms with Crippen LogP contribution in [0.5, 0.6) is 0 Å². The average Bonchev–Trinajstić information content (AvgIpc) is 1.58. The van der Waals surface area contributed by atoms with Crippen LogP contribution in [0.15, 0.2) is 0 Å². The maximum atomic E-state index is 9.60. The van der Waals surface area contributed by atoms with Gasteiger partial charge in [-0.1, -0.05) is 0 Å². The second kappa shape index (κ2) is 9.09. The van der Waals surface area contributed by atoms with Gasteiger partial charge in [0.25, 0.3) is 0 Å². The van der Waals surface area contributed by atoms with Crippen LogP contribution in [0, 0.1) is 10.2 Å². The van der Waals surface area contributed by atoms with Gasteiger partial charge in [0, 0.05) is 0 Å². The molecule has 9 heteroatoms. The van der Waals surface area contributed by atoms with Crippen LogP contribution >= 0.6 is 0 Å². The minimum Gasteiger partial charge on any atom is -0.183 e. The van der Waals surface area contributed by atoms with Crippen molar-refractivity contribution in [2.75, 3.05) is 6.61 Å². The molecular formula is C3H9ClLiNO6. The van der Waals surface area contributed by atoms with Crippen molar-refractivity contribution < 1.29 is 38.4 Å². The van der Waals surface area contributed by atoms with Crippen LogP contribution in [0.25, 0.3) is 0 Å². The van der Waals surface area contributed by atoms with Gasteiger partial charge in [-0.25, -0.2) is 4.79 Å². The maximum Gasteiger partial charge on any atom is 0.0777 e. The molecule has 3 N–H and O–H groups in total. The van der Waals surface area contributed by atoms with Crippen molar-refractivity contribution >= 4 is 25.0 Å². The number of halogens is 1. The molecule has 1 amide bonds. The van der Waals surface area contributed by atoms with Gasteiger partial charge >= 0.3 is 25.0 Å². The summed E-state index contributed by atoms with van der Waals surface area (Å²) in [5.74, 6) is 0. The molecule has 0 aliphatic heterocycles. The van der Waals surface area contributed by atoms with E-state index in [1.54, 1.807) is 6.92 Å². The number of hydrogen-bond donors (Lipinski definition) is 2. The van der Waals surface area contributed by atoms with Crippen LogP contribution in [0.1, 0.15) is 6.92 Å². The normalized spacial score (nSPS) is 8.75. The Bertz CT molecular complexity index is 110. The van der Waals surface area contributed by atoms with Gasteiger partial charge in [0.1, 0.15) is 0 Å². The van der Waals surface area contributed by atoms with E-state index in [1.807, 2.05) is 0 Å². The van der Waals surface area contributed by atoms with Gasteiger partial charge in [0.05, 0.1) is 21.5 Å². The van der Waals surface area contributed by atoms with E-state index in [0.717, 1.165) is 0 Å². The van der Waals surface area contributed by atoms with E-state index in [4.69, 9.17) is 18.6 Å². The molecule has 0 aliphatic rings. The van der Waals surface area contributed by atoms with E-state index in [2.05, 4.69) is 10.5 Å². The second-order valence-corrected chi connectivity index (χ2v) is 1.94. The van der Waals surface area contributed by atoms with Crippen molar-refractivity contribution in [3.05, 3.63) is 0 Å². The van der Waals surface area contributed by atoms with Crippen molar-refractivity contribution in [1.82, 2.24) is 0 Å². The Hall–Kier alpha value is -0.00260. The second-order valence-electron chi connectivity index (χ2n) is 1.15. The summed E-state index contributed by atoms with van der Waals surface area (Å²) in [5, 5.41) is 0. The summed E-state index contributed by atoms with van der Waals surface area (Å²) < 4.78 is 36.9. The molecule has 0 radical (unpaired) electrons. The number of rotatable bonds is 1. The monoisotopic (exact) mass is 197 g/mol. The van der Waals surface area contributed by atoms with Crippen LogP contribution in [0.3, 0.4) is 0 Å². The number of primary amides is 1. The predicted molar refractivity (Wildman–Crippen MR) is 30.6 cm³/mol. The Labute approximate surface area is 83.0 Å². The Morgan fingerprint density at radius 1 is 1.58 bits per heavy atom. The summed E-state index contributed by atoms with van der Waals surface area (Å²) in [6.45, 7) is 2.06. The fourth-order valence-corrected chi connectivity index (χ4v) is 0.142. The number of ether oxygens (including phenoxy) is 1. The Morgan fingerprint density at radius 3 is 1.83 bits per heavy atom. The van der Waals surface area contributed by atoms with E-state index in [-0.39, 0.29) is 18.9 Å². The van der Waals surface area contributed by atoms with E-state index in [0.29, 0.717) is 6.61 Å². The van der Waals surface area contributed by atoms with Gasteiger partial charge in [-0.3, -0.25) is 0 Å². The predicted octanol–water partition coefficient (Wildman–Crippen LogP) is -4.67. The molecule has 0 atom stereocenters. The van der Waals surface area contributed by atoms with E-state index in [1.165, 1.54) is 0 Å². The summed E-state index contributed by atoms with van der Waals surface area (Å²) in [4.78, 5) is 9.60. The Kier molecular flexibility index (Phi) is 13.6. The van der Waals surface area contributed by atoms with Crippen LogP contribution in [-0.4, -0.2) is 36.2 Å². The number of carbonyl (C=O) groups excluding carboxylic acids is 1. The number of nitrogens with two attached hydrogens (primary N) is 1. The molecule has 0 aromatic rings. The molecule has 0 unspecified atom stereocenters. The number of carbonyl (C=O) groups is 1. The molecule has 0 saturated heterocycles. The third-order valence-corrected chi connectivity index (χ3v) is 0.287. The van der Waals surface area contributed by atoms with Gasteiger partial charge in [0.15, 0.2) is 0 Å². The zero-order valence-corrected chi connectivity index (χ0v) is 6.41. The zero-order valence-electron chi connectivity index (χ0n) is 5.65. The molecule has 0 aromatic heterocycles. The Morgan fingerprint density at radius 2 is 1.83 bits per heavy atom. The molecule has 0 aliphatic carbocycles. The molecule has 0 aromatic carbocycles. The summed E-state index contributed by atoms with van der Waals surface area (Å²) in [7, 11) is -4.69. The van der Waals surface area contributed by atoms with E-state index in [9.17, 15) is 4.79 Å². The summed E-state index contributed by atoms with van der Waals surface area (Å²) >= 11 is 0. The maximum absolute atomic E-state index is 9.60. The molecule has 0 bridgehead atoms. The summed E-state index contributed by atoms with van der Waals surface area (Å²) in [6.07, 6.45) is -0.711. The fourth-order valence-electron chi connectivity index (χ4n) is 0.142. The van der Waals surface area contributed by atoms with Gasteiger partial charge < -0.3 is 10.5 Å². The topological polar surface area (TPSA) is 142 Å². The van der Waals surface area contributed by atoms with Crippen LogP contribution in [-0.2, 0) is 4.74 Å². The zero-order chi connectivity index (χ0) is 9.49. The summed E-state index contributed by atoms with van der Waals surface area (Å²) in [6, 6.07) is 0. The van der Waals surface area contributed by atoms with Crippen LogP contribution in [0.4, 0.5) is 4.79 Å². The molecule has 0 spiro atoms. The smallest absolute Gasteiger partial charge is 0.0777 e. The SMILES string of the molecule is CCOC(N)=O.[LiH].[O-][Cl+3]([O-])([O-])O. The number of amides is 1. The Balaban J connectivity index is -0.000000126. The minimum atomic E-state index is -4.69. The molecule has 0 saturated carbocycles. The van der Waals surface area contributed by atoms with Gasteiger partial charge in [0.2, 0.25) is 0 Å². The first kappa shape index (κ1) is 17.9. The van der Waals surface area contributed by atoms with Crippen molar-refractivity contribution in [1.29, 1.82) is 0 Å². The van der Waals surface area contributed by atoms with Gasteiger partial charge in [-0.2, -0.15) is 14.0 Å². The largest absolute Gasteiger partial charge is 0.183 e. The van der Waals surface area contributed by atoms with Crippen molar-refractivity contribution in [3.63, 3.8) is 0 Å². The number of hydrogen-bond acceptors (Lipinski definition) is 6. The van der Waals surface area contributed by atoms with Crippen LogP contribution in [0.2, 0.25) is 0 Å². The fraction of sp³-hybridized carbons (Fsp3) is 0.667. The quantitative estimate of drug-likeness (QED) is 0.405. The molecule has 70 valence electrons. The van der Waals surface area contributed by atoms with Gasteiger partial charge in [-0.05, 0) is 6.92 Å². The first-order chi connectivity index (χ1) is 4.77. The first-order valence-corrected chi connectivity index (χ1v) is 3.59. The third kappa shape index (κ3) is 90.1. The molecule has 7 nitrogen and oxygen atoms in total. The van der Waals surface area contributed by atoms with Crippen molar-refractivity contribution in [2.45, 2.75) is 6.92 Å². The molecule has 0 rings (SSSR count). The molecule has 0 fully saturated rings.